The van der Waals surface area contributed by atoms with Crippen LogP contribution in [0.2, 0.25) is 5.02 Å². The molecule has 14 heteroatoms. The second kappa shape index (κ2) is 13.8. The van der Waals surface area contributed by atoms with Crippen molar-refractivity contribution in [3.8, 4) is 16.9 Å². The zero-order valence-electron chi connectivity index (χ0n) is 30.1. The number of hydrogen-bond donors (Lipinski definition) is 2. The predicted octanol–water partition coefficient (Wildman–Crippen LogP) is 8.29. The van der Waals surface area contributed by atoms with Gasteiger partial charge in [0.05, 0.1) is 39.5 Å². The molecule has 2 aliphatic heterocycles. The summed E-state index contributed by atoms with van der Waals surface area (Å²) in [7, 11) is 2.09. The lowest BCUT2D eigenvalue weighted by Crippen LogP contribution is -2.51. The van der Waals surface area contributed by atoms with Crippen LogP contribution in [0.4, 0.5) is 24.7 Å². The lowest BCUT2D eigenvalue weighted by Gasteiger charge is -2.38. The normalized spacial score (nSPS) is 18.6. The van der Waals surface area contributed by atoms with E-state index in [9.17, 15) is 22.8 Å². The molecule has 5 aromatic rings. The summed E-state index contributed by atoms with van der Waals surface area (Å²) in [6, 6.07) is 15.0. The average Bonchev–Trinajstić information content (AvgIpc) is 3.69. The van der Waals surface area contributed by atoms with Gasteiger partial charge in [0.1, 0.15) is 17.4 Å². The Morgan fingerprint density at radius 2 is 1.75 bits per heavy atom. The van der Waals surface area contributed by atoms with Crippen molar-refractivity contribution < 1.29 is 27.5 Å². The van der Waals surface area contributed by atoms with Gasteiger partial charge in [-0.1, -0.05) is 57.5 Å². The van der Waals surface area contributed by atoms with Crippen LogP contribution in [0.5, 0.6) is 5.75 Å². The van der Waals surface area contributed by atoms with Gasteiger partial charge in [-0.3, -0.25) is 14.5 Å². The second-order valence-corrected chi connectivity index (χ2v) is 15.5. The van der Waals surface area contributed by atoms with E-state index in [4.69, 9.17) is 16.6 Å². The maximum Gasteiger partial charge on any atom is 0.573 e. The lowest BCUT2D eigenvalue weighted by molar-refractivity contribution is -0.274. The number of nitrogens with one attached hydrogen (secondary N) is 2. The summed E-state index contributed by atoms with van der Waals surface area (Å²) in [4.78, 5) is 45.1. The molecule has 0 radical (unpaired) electrons. The van der Waals surface area contributed by atoms with Crippen molar-refractivity contribution in [2.75, 3.05) is 50.0 Å². The third-order valence-corrected chi connectivity index (χ3v) is 10.3. The van der Waals surface area contributed by atoms with E-state index >= 15 is 0 Å². The number of benzene rings is 3. The number of hydrogen-bond acceptors (Lipinski definition) is 7. The summed E-state index contributed by atoms with van der Waals surface area (Å²) < 4.78 is 45.7. The van der Waals surface area contributed by atoms with Crippen LogP contribution in [-0.4, -0.2) is 82.7 Å². The molecule has 2 saturated heterocycles. The van der Waals surface area contributed by atoms with Gasteiger partial charge < -0.3 is 24.8 Å². The molecule has 2 fully saturated rings. The van der Waals surface area contributed by atoms with Crippen LogP contribution in [0.25, 0.3) is 32.9 Å². The number of alkyl halides is 3. The number of ether oxygens (including phenoxy) is 1. The number of imidazole rings is 1. The van der Waals surface area contributed by atoms with Crippen LogP contribution in [0.1, 0.15) is 56.3 Å². The Hall–Kier alpha value is -4.88. The van der Waals surface area contributed by atoms with Gasteiger partial charge in [0, 0.05) is 49.1 Å². The SMILES string of the molecule is CC1CC(c2nc3c(ccc4cc(-c5cc(Cl)c(C(=O)Nc6ccc(N7CCN(C(=O)C(C)(C)C)CC7)nc6)cc5OC(F)(F)F)ccc43)[nH]2)N(C)C1. The molecule has 10 nitrogen and oxygen atoms in total. The summed E-state index contributed by atoms with van der Waals surface area (Å²) in [5.41, 5.74) is 1.84. The summed E-state index contributed by atoms with van der Waals surface area (Å²) in [6.45, 7) is 11.3. The number of H-pyrrole nitrogens is 1. The highest BCUT2D eigenvalue weighted by atomic mass is 35.5. The molecular weight excluding hydrogens is 707 g/mol. The fraction of sp³-hybridized carbons (Fsp3) is 0.385. The first-order valence-electron chi connectivity index (χ1n) is 17.6. The number of pyridine rings is 1. The van der Waals surface area contributed by atoms with Gasteiger partial charge in [-0.25, -0.2) is 9.97 Å². The van der Waals surface area contributed by atoms with Crippen LogP contribution in [0, 0.1) is 11.3 Å². The largest absolute Gasteiger partial charge is 0.573 e. The maximum absolute atomic E-state index is 13.7. The number of fused-ring (bicyclic) bond motifs is 3. The van der Waals surface area contributed by atoms with E-state index in [1.54, 1.807) is 24.3 Å². The topological polar surface area (TPSA) is 107 Å². The molecule has 2 aliphatic rings. The van der Waals surface area contributed by atoms with E-state index in [1.165, 1.54) is 12.3 Å². The second-order valence-electron chi connectivity index (χ2n) is 15.1. The van der Waals surface area contributed by atoms with E-state index in [-0.39, 0.29) is 28.1 Å². The van der Waals surface area contributed by atoms with E-state index in [1.807, 2.05) is 48.8 Å². The Balaban J connectivity index is 1.11. The van der Waals surface area contributed by atoms with Crippen molar-refractivity contribution in [1.82, 2.24) is 24.8 Å². The van der Waals surface area contributed by atoms with Crippen LogP contribution >= 0.6 is 11.6 Å². The smallest absolute Gasteiger partial charge is 0.405 e. The first-order valence-corrected chi connectivity index (χ1v) is 18.0. The van der Waals surface area contributed by atoms with Gasteiger partial charge >= 0.3 is 6.36 Å². The van der Waals surface area contributed by atoms with Gasteiger partial charge in [0.25, 0.3) is 5.91 Å². The molecule has 0 bridgehead atoms. The number of amides is 2. The molecule has 2 atom stereocenters. The molecule has 7 rings (SSSR count). The number of halogens is 4. The average molecular weight is 748 g/mol. The highest BCUT2D eigenvalue weighted by molar-refractivity contribution is 6.35. The van der Waals surface area contributed by atoms with Gasteiger partial charge in [-0.05, 0) is 66.7 Å². The Morgan fingerprint density at radius 3 is 2.40 bits per heavy atom. The fourth-order valence-corrected chi connectivity index (χ4v) is 7.59. The summed E-state index contributed by atoms with van der Waals surface area (Å²) in [6.07, 6.45) is -2.56. The Bertz CT molecular complexity index is 2190. The summed E-state index contributed by atoms with van der Waals surface area (Å²) in [5.74, 6) is 0.932. The van der Waals surface area contributed by atoms with Crippen molar-refractivity contribution in [3.63, 3.8) is 0 Å². The van der Waals surface area contributed by atoms with E-state index < -0.39 is 23.4 Å². The predicted molar refractivity (Wildman–Crippen MR) is 200 cm³/mol. The number of carbonyl (C=O) groups is 2. The number of likely N-dealkylation sites (tertiary alicyclic amines) is 1. The molecule has 2 unspecified atom stereocenters. The van der Waals surface area contributed by atoms with E-state index in [2.05, 4.69) is 38.9 Å². The zero-order valence-corrected chi connectivity index (χ0v) is 30.9. The van der Waals surface area contributed by atoms with Crippen molar-refractivity contribution in [2.24, 2.45) is 11.3 Å². The number of rotatable bonds is 6. The van der Waals surface area contributed by atoms with Crippen molar-refractivity contribution in [1.29, 1.82) is 0 Å². The summed E-state index contributed by atoms with van der Waals surface area (Å²) in [5, 5.41) is 4.24. The Kier molecular flexibility index (Phi) is 9.52. The van der Waals surface area contributed by atoms with Crippen molar-refractivity contribution >= 4 is 56.7 Å². The first-order chi connectivity index (χ1) is 25.0. The number of nitrogens with zero attached hydrogens (tertiary/aromatic N) is 5. The maximum atomic E-state index is 13.7. The molecule has 3 aromatic carbocycles. The molecule has 53 heavy (non-hydrogen) atoms. The van der Waals surface area contributed by atoms with E-state index in [0.29, 0.717) is 49.2 Å². The number of aromatic amines is 1. The van der Waals surface area contributed by atoms with E-state index in [0.717, 1.165) is 46.7 Å². The van der Waals surface area contributed by atoms with Crippen LogP contribution in [-0.2, 0) is 4.79 Å². The highest BCUT2D eigenvalue weighted by Crippen LogP contribution is 2.40. The highest BCUT2D eigenvalue weighted by Gasteiger charge is 2.34. The minimum absolute atomic E-state index is 0.0540. The number of piperazine rings is 1. The Labute approximate surface area is 310 Å². The zero-order chi connectivity index (χ0) is 37.8. The van der Waals surface area contributed by atoms with Gasteiger partial charge in [0.2, 0.25) is 5.91 Å². The Morgan fingerprint density at radius 1 is 1.00 bits per heavy atom. The van der Waals surface area contributed by atoms with Gasteiger partial charge in [-0.15, -0.1) is 13.2 Å². The minimum Gasteiger partial charge on any atom is -0.405 e. The standard InChI is InChI=1S/C39H41ClF3N7O3/c1-22-16-31(48(5)21-22)35-46-30-10-7-23-17-24(6-9-26(23)34(30)47-35)27-18-29(40)28(19-32(27)53-39(41,42)43)36(51)45-25-8-11-33(44-20-25)49-12-14-50(15-13-49)37(52)38(2,3)4/h6-11,17-20,22,31H,12-16,21H2,1-5H3,(H,45,51)(H,46,47). The molecule has 2 aromatic heterocycles. The van der Waals surface area contributed by atoms with Crippen molar-refractivity contribution in [2.45, 2.75) is 46.5 Å². The van der Waals surface area contributed by atoms with Gasteiger partial charge in [-0.2, -0.15) is 0 Å². The van der Waals surface area contributed by atoms with Gasteiger partial charge in [0.15, 0.2) is 0 Å². The summed E-state index contributed by atoms with van der Waals surface area (Å²) >= 11 is 6.59. The van der Waals surface area contributed by atoms with Crippen LogP contribution < -0.4 is 15.0 Å². The van der Waals surface area contributed by atoms with Crippen LogP contribution in [0.15, 0.2) is 60.8 Å². The van der Waals surface area contributed by atoms with Crippen molar-refractivity contribution in [3.05, 3.63) is 77.2 Å². The molecule has 0 saturated carbocycles. The number of anilines is 2. The van der Waals surface area contributed by atoms with Crippen LogP contribution in [0.3, 0.4) is 0 Å². The number of carbonyl (C=O) groups excluding carboxylic acids is 2. The molecule has 278 valence electrons. The quantitative estimate of drug-likeness (QED) is 0.180. The third kappa shape index (κ3) is 7.63. The first kappa shape index (κ1) is 36.5. The molecule has 0 spiro atoms. The fourth-order valence-electron chi connectivity index (χ4n) is 7.34. The number of aromatic nitrogens is 3. The molecule has 2 N–H and O–H groups in total. The monoisotopic (exact) mass is 747 g/mol. The third-order valence-electron chi connectivity index (χ3n) is 9.95. The molecular formula is C39H41ClF3N7O3. The lowest BCUT2D eigenvalue weighted by atomic mass is 9.94. The minimum atomic E-state index is -5.03. The molecule has 0 aliphatic carbocycles. The molecule has 2 amide bonds. The molecule has 4 heterocycles.